The molecule has 158 valence electrons. The summed E-state index contributed by atoms with van der Waals surface area (Å²) in [5, 5.41) is 3.59. The molecular weight excluding hydrogens is 486 g/mol. The number of carbonyl (C=O) groups excluding carboxylic acids is 1. The van der Waals surface area contributed by atoms with Crippen molar-refractivity contribution in [3.05, 3.63) is 58.1 Å². The Kier molecular flexibility index (Phi) is 5.96. The van der Waals surface area contributed by atoms with Gasteiger partial charge < -0.3 is 10.2 Å². The first kappa shape index (κ1) is 21.4. The molecule has 1 saturated heterocycles. The number of hydrogen-bond acceptors (Lipinski definition) is 6. The molecule has 1 amide bonds. The summed E-state index contributed by atoms with van der Waals surface area (Å²) >= 11 is 4.72. The van der Waals surface area contributed by atoms with Gasteiger partial charge >= 0.3 is 0 Å². The number of hydrogen-bond donors (Lipinski definition) is 1. The van der Waals surface area contributed by atoms with Gasteiger partial charge in [-0.05, 0) is 49.7 Å². The molecule has 0 unspecified atom stereocenters. The number of benzene rings is 2. The van der Waals surface area contributed by atoms with Crippen molar-refractivity contribution in [1.29, 1.82) is 0 Å². The minimum absolute atomic E-state index is 0.0637. The van der Waals surface area contributed by atoms with Gasteiger partial charge in [0, 0.05) is 15.8 Å². The van der Waals surface area contributed by atoms with Crippen molar-refractivity contribution < 1.29 is 13.2 Å². The summed E-state index contributed by atoms with van der Waals surface area (Å²) in [6.45, 7) is 4.04. The van der Waals surface area contributed by atoms with E-state index in [0.717, 1.165) is 27.0 Å². The average molecular weight is 508 g/mol. The van der Waals surface area contributed by atoms with Gasteiger partial charge in [-0.25, -0.2) is 8.42 Å². The van der Waals surface area contributed by atoms with E-state index in [1.807, 2.05) is 55.1 Å². The second-order valence-corrected chi connectivity index (χ2v) is 11.6. The molecule has 0 aliphatic carbocycles. The second kappa shape index (κ2) is 8.36. The maximum atomic E-state index is 12.4. The Morgan fingerprint density at radius 3 is 2.63 bits per heavy atom. The molecule has 2 aromatic carbocycles. The van der Waals surface area contributed by atoms with E-state index in [1.165, 1.54) is 11.8 Å². The lowest BCUT2D eigenvalue weighted by Gasteiger charge is -2.28. The number of aryl methyl sites for hydroxylation is 2. The van der Waals surface area contributed by atoms with Crippen LogP contribution in [0.15, 0.2) is 51.9 Å². The molecule has 4 rings (SSSR count). The Morgan fingerprint density at radius 1 is 1.20 bits per heavy atom. The van der Waals surface area contributed by atoms with Gasteiger partial charge in [-0.2, -0.15) is 0 Å². The highest BCUT2D eigenvalue weighted by Gasteiger charge is 2.47. The Morgan fingerprint density at radius 2 is 1.93 bits per heavy atom. The monoisotopic (exact) mass is 507 g/mol. The Labute approximate surface area is 189 Å². The lowest BCUT2D eigenvalue weighted by molar-refractivity contribution is -0.113. The fourth-order valence-electron chi connectivity index (χ4n) is 3.85. The predicted molar refractivity (Wildman–Crippen MR) is 127 cm³/mol. The number of amides is 1. The number of sulfone groups is 1. The van der Waals surface area contributed by atoms with Crippen LogP contribution in [0.2, 0.25) is 0 Å². The standard InChI is InChI=1S/C21H22BrN3O3S2/c1-13-3-8-18(14(2)9-13)25-19-12-30(27,28)11-17(19)24-21(25)29-10-20(26)23-16-6-4-15(22)5-7-16/h3-9,17,19H,10-12H2,1-2H3,(H,23,26)/t17-,19-/m1/s1. The molecule has 0 aromatic heterocycles. The third-order valence-corrected chi connectivity index (χ3v) is 8.37. The number of halogens is 1. The molecule has 2 aromatic rings. The van der Waals surface area contributed by atoms with Crippen LogP contribution in [-0.2, 0) is 14.6 Å². The number of rotatable bonds is 4. The van der Waals surface area contributed by atoms with Crippen LogP contribution in [0.4, 0.5) is 11.4 Å². The van der Waals surface area contributed by atoms with Gasteiger partial charge in [0.15, 0.2) is 15.0 Å². The average Bonchev–Trinajstić information content (AvgIpc) is 3.13. The minimum Gasteiger partial charge on any atom is -0.325 e. The van der Waals surface area contributed by atoms with Crippen LogP contribution < -0.4 is 10.2 Å². The third-order valence-electron chi connectivity index (χ3n) is 5.18. The highest BCUT2D eigenvalue weighted by Crippen LogP contribution is 2.36. The molecule has 2 atom stereocenters. The van der Waals surface area contributed by atoms with Gasteiger partial charge in [0.2, 0.25) is 5.91 Å². The zero-order valence-electron chi connectivity index (χ0n) is 16.6. The Bertz CT molecular complexity index is 1120. The lowest BCUT2D eigenvalue weighted by Crippen LogP contribution is -2.39. The van der Waals surface area contributed by atoms with Gasteiger partial charge in [0.1, 0.15) is 0 Å². The van der Waals surface area contributed by atoms with E-state index in [4.69, 9.17) is 4.99 Å². The maximum Gasteiger partial charge on any atom is 0.234 e. The van der Waals surface area contributed by atoms with E-state index < -0.39 is 9.84 Å². The summed E-state index contributed by atoms with van der Waals surface area (Å²) in [5.41, 5.74) is 3.88. The molecule has 0 saturated carbocycles. The van der Waals surface area contributed by atoms with Crippen LogP contribution >= 0.6 is 27.7 Å². The van der Waals surface area contributed by atoms with Crippen LogP contribution in [-0.4, -0.2) is 48.8 Å². The maximum absolute atomic E-state index is 12.4. The number of nitrogens with one attached hydrogen (secondary N) is 1. The molecule has 2 aliphatic heterocycles. The molecule has 1 fully saturated rings. The number of thioether (sulfide) groups is 1. The second-order valence-electron chi connectivity index (χ2n) is 7.63. The fraction of sp³-hybridized carbons (Fsp3) is 0.333. The van der Waals surface area contributed by atoms with Gasteiger partial charge in [0.05, 0.1) is 29.3 Å². The van der Waals surface area contributed by atoms with Crippen LogP contribution in [0.25, 0.3) is 0 Å². The zero-order chi connectivity index (χ0) is 21.5. The molecule has 0 spiro atoms. The lowest BCUT2D eigenvalue weighted by atomic mass is 10.1. The van der Waals surface area contributed by atoms with Gasteiger partial charge in [-0.15, -0.1) is 0 Å². The normalized spacial score (nSPS) is 22.0. The van der Waals surface area contributed by atoms with E-state index in [-0.39, 0.29) is 35.2 Å². The Balaban J connectivity index is 1.52. The summed E-state index contributed by atoms with van der Waals surface area (Å²) in [6, 6.07) is 13.0. The highest BCUT2D eigenvalue weighted by atomic mass is 79.9. The summed E-state index contributed by atoms with van der Waals surface area (Å²) in [7, 11) is -3.11. The highest BCUT2D eigenvalue weighted by molar-refractivity contribution is 9.10. The summed E-state index contributed by atoms with van der Waals surface area (Å²) in [4.78, 5) is 19.2. The number of nitrogens with zero attached hydrogens (tertiary/aromatic N) is 2. The number of fused-ring (bicyclic) bond motifs is 1. The summed E-state index contributed by atoms with van der Waals surface area (Å²) in [5.74, 6) is 0.218. The Hall–Kier alpha value is -1.84. The quantitative estimate of drug-likeness (QED) is 0.680. The zero-order valence-corrected chi connectivity index (χ0v) is 19.9. The molecule has 1 N–H and O–H groups in total. The smallest absolute Gasteiger partial charge is 0.234 e. The van der Waals surface area contributed by atoms with E-state index in [2.05, 4.69) is 27.3 Å². The number of carbonyl (C=O) groups is 1. The van der Waals surface area contributed by atoms with Crippen molar-refractivity contribution in [2.24, 2.45) is 4.99 Å². The third kappa shape index (κ3) is 4.58. The van der Waals surface area contributed by atoms with Crippen molar-refractivity contribution in [2.45, 2.75) is 25.9 Å². The van der Waals surface area contributed by atoms with Crippen LogP contribution in [0.5, 0.6) is 0 Å². The number of aliphatic imine (C=N–C) groups is 1. The van der Waals surface area contributed by atoms with Crippen molar-refractivity contribution >= 4 is 60.0 Å². The van der Waals surface area contributed by atoms with E-state index in [9.17, 15) is 13.2 Å². The first-order valence-corrected chi connectivity index (χ1v) is 13.1. The van der Waals surface area contributed by atoms with Crippen LogP contribution in [0.1, 0.15) is 11.1 Å². The molecular formula is C21H22BrN3O3S2. The predicted octanol–water partition coefficient (Wildman–Crippen LogP) is 3.78. The van der Waals surface area contributed by atoms with Crippen molar-refractivity contribution in [1.82, 2.24) is 0 Å². The fourth-order valence-corrected chi connectivity index (χ4v) is 6.88. The number of amidine groups is 1. The molecule has 30 heavy (non-hydrogen) atoms. The summed E-state index contributed by atoms with van der Waals surface area (Å²) in [6.07, 6.45) is 0. The minimum atomic E-state index is -3.11. The van der Waals surface area contributed by atoms with Gasteiger partial charge in [-0.3, -0.25) is 9.79 Å². The van der Waals surface area contributed by atoms with Gasteiger partial charge in [-0.1, -0.05) is 45.4 Å². The molecule has 2 heterocycles. The largest absolute Gasteiger partial charge is 0.325 e. The van der Waals surface area contributed by atoms with Crippen LogP contribution in [0, 0.1) is 13.8 Å². The van der Waals surface area contributed by atoms with E-state index >= 15 is 0 Å². The van der Waals surface area contributed by atoms with Crippen LogP contribution in [0.3, 0.4) is 0 Å². The van der Waals surface area contributed by atoms with Crippen molar-refractivity contribution in [3.63, 3.8) is 0 Å². The molecule has 0 radical (unpaired) electrons. The molecule has 0 bridgehead atoms. The van der Waals surface area contributed by atoms with Gasteiger partial charge in [0.25, 0.3) is 0 Å². The topological polar surface area (TPSA) is 78.8 Å². The van der Waals surface area contributed by atoms with E-state index in [1.54, 1.807) is 0 Å². The number of anilines is 2. The van der Waals surface area contributed by atoms with E-state index in [0.29, 0.717) is 5.17 Å². The summed E-state index contributed by atoms with van der Waals surface area (Å²) < 4.78 is 25.3. The SMILES string of the molecule is Cc1ccc(N2C(SCC(=O)Nc3ccc(Br)cc3)=N[C@@H]3CS(=O)(=O)C[C@H]32)c(C)c1. The molecule has 6 nitrogen and oxygen atoms in total. The first-order chi connectivity index (χ1) is 14.2. The molecule has 2 aliphatic rings. The van der Waals surface area contributed by atoms with Crippen molar-refractivity contribution in [2.75, 3.05) is 27.5 Å². The molecule has 9 heteroatoms. The first-order valence-electron chi connectivity index (χ1n) is 9.55. The van der Waals surface area contributed by atoms with Crippen molar-refractivity contribution in [3.8, 4) is 0 Å².